The minimum Gasteiger partial charge on any atom is -0.325 e. The number of benzene rings is 2. The van der Waals surface area contributed by atoms with E-state index in [1.54, 1.807) is 36.0 Å². The highest BCUT2D eigenvalue weighted by Gasteiger charge is 2.14. The predicted octanol–water partition coefficient (Wildman–Crippen LogP) is 6.10. The smallest absolute Gasteiger partial charge is 0.234 e. The highest BCUT2D eigenvalue weighted by Crippen LogP contribution is 2.26. The van der Waals surface area contributed by atoms with E-state index in [9.17, 15) is 4.79 Å². The molecular weight excluding hydrogens is 459 g/mol. The average molecular weight is 479 g/mol. The van der Waals surface area contributed by atoms with Crippen molar-refractivity contribution in [2.45, 2.75) is 29.3 Å². The van der Waals surface area contributed by atoms with Crippen molar-refractivity contribution in [1.82, 2.24) is 14.8 Å². The van der Waals surface area contributed by atoms with Crippen molar-refractivity contribution < 1.29 is 4.79 Å². The van der Waals surface area contributed by atoms with E-state index in [0.717, 1.165) is 5.82 Å². The summed E-state index contributed by atoms with van der Waals surface area (Å²) in [7, 11) is 0. The van der Waals surface area contributed by atoms with Crippen molar-refractivity contribution in [2.24, 2.45) is 0 Å². The number of allylic oxidation sites excluding steroid dienone is 1. The Labute approximate surface area is 194 Å². The van der Waals surface area contributed by atoms with E-state index in [2.05, 4.69) is 53.3 Å². The van der Waals surface area contributed by atoms with Crippen LogP contribution in [0, 0.1) is 6.92 Å². The summed E-state index contributed by atoms with van der Waals surface area (Å²) in [5, 5.41) is 13.0. The van der Waals surface area contributed by atoms with Gasteiger partial charge >= 0.3 is 0 Å². The highest BCUT2D eigenvalue weighted by atomic mass is 35.5. The van der Waals surface area contributed by atoms with Crippen molar-refractivity contribution in [3.8, 4) is 0 Å². The van der Waals surface area contributed by atoms with E-state index in [4.69, 9.17) is 23.2 Å². The van der Waals surface area contributed by atoms with Gasteiger partial charge in [-0.1, -0.05) is 58.7 Å². The second kappa shape index (κ2) is 10.9. The monoisotopic (exact) mass is 478 g/mol. The Bertz CT molecular complexity index is 1020. The van der Waals surface area contributed by atoms with Crippen LogP contribution in [0.3, 0.4) is 0 Å². The van der Waals surface area contributed by atoms with E-state index in [-0.39, 0.29) is 11.7 Å². The van der Waals surface area contributed by atoms with Gasteiger partial charge in [-0.2, -0.15) is 0 Å². The third-order valence-electron chi connectivity index (χ3n) is 3.97. The molecule has 0 atom stereocenters. The maximum absolute atomic E-state index is 12.3. The van der Waals surface area contributed by atoms with Gasteiger partial charge in [0.15, 0.2) is 5.16 Å². The third kappa shape index (κ3) is 6.54. The molecule has 1 heterocycles. The van der Waals surface area contributed by atoms with Crippen LogP contribution in [0.25, 0.3) is 0 Å². The molecule has 0 aliphatic rings. The molecule has 9 heteroatoms. The standard InChI is InChI=1S/C21H20Cl2N4OS2/c1-3-8-27-19(12-29-18-6-4-14(2)5-7-18)25-26-21(27)30-13-20(28)24-17-10-15(22)9-16(23)11-17/h3-7,9-11H,1,8,12-13H2,2H3,(H,24,28). The Morgan fingerprint density at radius 1 is 1.13 bits per heavy atom. The van der Waals surface area contributed by atoms with Crippen LogP contribution in [0.1, 0.15) is 11.4 Å². The molecule has 0 radical (unpaired) electrons. The summed E-state index contributed by atoms with van der Waals surface area (Å²) in [6.45, 7) is 6.46. The fourth-order valence-electron chi connectivity index (χ4n) is 2.58. The van der Waals surface area contributed by atoms with E-state index < -0.39 is 0 Å². The van der Waals surface area contributed by atoms with Gasteiger partial charge in [0.1, 0.15) is 5.82 Å². The van der Waals surface area contributed by atoms with Crippen LogP contribution in [0.15, 0.2) is 65.2 Å². The lowest BCUT2D eigenvalue weighted by Gasteiger charge is -2.09. The molecule has 0 fully saturated rings. The number of rotatable bonds is 9. The van der Waals surface area contributed by atoms with Crippen molar-refractivity contribution in [1.29, 1.82) is 0 Å². The zero-order chi connectivity index (χ0) is 21.5. The number of aromatic nitrogens is 3. The molecule has 1 amide bonds. The van der Waals surface area contributed by atoms with Gasteiger partial charge in [0, 0.05) is 27.2 Å². The number of aryl methyl sites for hydroxylation is 1. The van der Waals surface area contributed by atoms with Gasteiger partial charge in [-0.3, -0.25) is 4.79 Å². The number of carbonyl (C=O) groups is 1. The summed E-state index contributed by atoms with van der Waals surface area (Å²) in [4.78, 5) is 13.5. The van der Waals surface area contributed by atoms with Crippen molar-refractivity contribution in [2.75, 3.05) is 11.1 Å². The Morgan fingerprint density at radius 3 is 2.50 bits per heavy atom. The van der Waals surface area contributed by atoms with Crippen LogP contribution in [0.5, 0.6) is 0 Å². The molecule has 3 rings (SSSR count). The van der Waals surface area contributed by atoms with Crippen LogP contribution in [-0.4, -0.2) is 26.4 Å². The number of hydrogen-bond acceptors (Lipinski definition) is 5. The molecule has 156 valence electrons. The maximum atomic E-state index is 12.3. The average Bonchev–Trinajstić information content (AvgIpc) is 3.07. The summed E-state index contributed by atoms with van der Waals surface area (Å²) in [6, 6.07) is 13.3. The molecule has 2 aromatic carbocycles. The predicted molar refractivity (Wildman–Crippen MR) is 127 cm³/mol. The topological polar surface area (TPSA) is 59.8 Å². The van der Waals surface area contributed by atoms with Crippen LogP contribution < -0.4 is 5.32 Å². The number of carbonyl (C=O) groups excluding carboxylic acids is 1. The molecule has 3 aromatic rings. The summed E-state index contributed by atoms with van der Waals surface area (Å²) in [5.41, 5.74) is 1.78. The van der Waals surface area contributed by atoms with Gasteiger partial charge in [-0.25, -0.2) is 0 Å². The Hall–Kier alpha value is -1.93. The van der Waals surface area contributed by atoms with E-state index in [1.165, 1.54) is 22.2 Å². The second-order valence-electron chi connectivity index (χ2n) is 6.39. The van der Waals surface area contributed by atoms with Crippen LogP contribution >= 0.6 is 46.7 Å². The van der Waals surface area contributed by atoms with Gasteiger partial charge in [0.2, 0.25) is 5.91 Å². The Morgan fingerprint density at radius 2 is 1.83 bits per heavy atom. The number of thioether (sulfide) groups is 2. The van der Waals surface area contributed by atoms with Crippen LogP contribution in [0.4, 0.5) is 5.69 Å². The third-order valence-corrected chi connectivity index (χ3v) is 6.38. The van der Waals surface area contributed by atoms with Gasteiger partial charge in [-0.15, -0.1) is 28.5 Å². The van der Waals surface area contributed by atoms with E-state index >= 15 is 0 Å². The first-order valence-electron chi connectivity index (χ1n) is 9.06. The largest absolute Gasteiger partial charge is 0.325 e. The van der Waals surface area contributed by atoms with Crippen molar-refractivity contribution in [3.05, 3.63) is 76.6 Å². The normalized spacial score (nSPS) is 10.8. The number of nitrogens with zero attached hydrogens (tertiary/aromatic N) is 3. The lowest BCUT2D eigenvalue weighted by atomic mass is 10.2. The molecule has 0 spiro atoms. The van der Waals surface area contributed by atoms with Crippen LogP contribution in [-0.2, 0) is 17.1 Å². The number of amides is 1. The molecule has 5 nitrogen and oxygen atoms in total. The van der Waals surface area contributed by atoms with Gasteiger partial charge < -0.3 is 9.88 Å². The van der Waals surface area contributed by atoms with Gasteiger partial charge in [0.05, 0.1) is 11.5 Å². The zero-order valence-corrected chi connectivity index (χ0v) is 19.4. The molecule has 1 N–H and O–H groups in total. The van der Waals surface area contributed by atoms with Gasteiger partial charge in [0.25, 0.3) is 0 Å². The summed E-state index contributed by atoms with van der Waals surface area (Å²) in [5.74, 6) is 1.52. The number of nitrogens with one attached hydrogen (secondary N) is 1. The molecular formula is C21H20Cl2N4OS2. The molecule has 0 saturated heterocycles. The van der Waals surface area contributed by atoms with Gasteiger partial charge in [-0.05, 0) is 37.3 Å². The molecule has 0 unspecified atom stereocenters. The molecule has 0 aliphatic carbocycles. The molecule has 0 aliphatic heterocycles. The molecule has 30 heavy (non-hydrogen) atoms. The van der Waals surface area contributed by atoms with Crippen LogP contribution in [0.2, 0.25) is 10.0 Å². The quantitative estimate of drug-likeness (QED) is 0.297. The lowest BCUT2D eigenvalue weighted by Crippen LogP contribution is -2.14. The SMILES string of the molecule is C=CCn1c(CSc2ccc(C)cc2)nnc1SCC(=O)Nc1cc(Cl)cc(Cl)c1. The van der Waals surface area contributed by atoms with Crippen molar-refractivity contribution >= 4 is 58.3 Å². The summed E-state index contributed by atoms with van der Waals surface area (Å²) < 4.78 is 1.97. The van der Waals surface area contributed by atoms with E-state index in [0.29, 0.717) is 33.2 Å². The first-order chi connectivity index (χ1) is 14.4. The first kappa shape index (κ1) is 22.7. The fraction of sp³-hybridized carbons (Fsp3) is 0.190. The number of anilines is 1. The maximum Gasteiger partial charge on any atom is 0.234 e. The summed E-state index contributed by atoms with van der Waals surface area (Å²) in [6.07, 6.45) is 1.79. The zero-order valence-electron chi connectivity index (χ0n) is 16.3. The number of halogens is 2. The minimum absolute atomic E-state index is 0.179. The lowest BCUT2D eigenvalue weighted by molar-refractivity contribution is -0.113. The minimum atomic E-state index is -0.179. The second-order valence-corrected chi connectivity index (χ2v) is 9.26. The summed E-state index contributed by atoms with van der Waals surface area (Å²) >= 11 is 15.0. The Kier molecular flexibility index (Phi) is 8.27. The fourth-order valence-corrected chi connectivity index (χ4v) is 4.71. The highest BCUT2D eigenvalue weighted by molar-refractivity contribution is 7.99. The molecule has 0 bridgehead atoms. The molecule has 0 saturated carbocycles. The van der Waals surface area contributed by atoms with E-state index in [1.807, 2.05) is 4.57 Å². The molecule has 1 aromatic heterocycles. The number of hydrogen-bond donors (Lipinski definition) is 1. The Balaban J connectivity index is 1.61. The van der Waals surface area contributed by atoms with Crippen molar-refractivity contribution in [3.63, 3.8) is 0 Å². The first-order valence-corrected chi connectivity index (χ1v) is 11.8.